The molecule has 0 radical (unpaired) electrons. The highest BCUT2D eigenvalue weighted by Crippen LogP contribution is 2.12. The summed E-state index contributed by atoms with van der Waals surface area (Å²) in [7, 11) is 1.62. The number of carbonyl (C=O) groups is 1. The second-order valence-corrected chi connectivity index (χ2v) is 5.42. The lowest BCUT2D eigenvalue weighted by atomic mass is 10.1. The van der Waals surface area contributed by atoms with Crippen molar-refractivity contribution in [3.05, 3.63) is 29.8 Å². The minimum atomic E-state index is -0.752. The molecular weight excluding hydrogens is 320 g/mol. The van der Waals surface area contributed by atoms with Crippen LogP contribution in [0.15, 0.2) is 24.3 Å². The standard InChI is InChI=1S/C16H26N2O4.ClH/c1-12(2)22-9-8-21-11-13(19)10-18(3)16(20)14-6-4-5-7-15(14)17;/h4-7,12-13,19H,8-11,17H2,1-3H3;1H. The molecule has 0 fully saturated rings. The Morgan fingerprint density at radius 1 is 1.30 bits per heavy atom. The number of para-hydroxylation sites is 1. The second-order valence-electron chi connectivity index (χ2n) is 5.42. The fraction of sp³-hybridized carbons (Fsp3) is 0.562. The third-order valence-corrected chi connectivity index (χ3v) is 3.01. The number of aliphatic hydroxyl groups is 1. The third kappa shape index (κ3) is 8.18. The van der Waals surface area contributed by atoms with E-state index in [1.165, 1.54) is 4.90 Å². The minimum Gasteiger partial charge on any atom is -0.398 e. The molecular formula is C16H27ClN2O4. The van der Waals surface area contributed by atoms with Crippen LogP contribution in [-0.2, 0) is 9.47 Å². The number of anilines is 1. The monoisotopic (exact) mass is 346 g/mol. The number of aliphatic hydroxyl groups excluding tert-OH is 1. The fourth-order valence-electron chi connectivity index (χ4n) is 1.91. The molecule has 1 atom stereocenters. The van der Waals surface area contributed by atoms with E-state index in [1.807, 2.05) is 13.8 Å². The van der Waals surface area contributed by atoms with Crippen LogP contribution in [0.5, 0.6) is 0 Å². The number of rotatable bonds is 9. The number of nitrogens with two attached hydrogens (primary N) is 1. The van der Waals surface area contributed by atoms with Crippen LogP contribution in [0.3, 0.4) is 0 Å². The number of nitrogens with zero attached hydrogens (tertiary/aromatic N) is 1. The Morgan fingerprint density at radius 2 is 1.96 bits per heavy atom. The van der Waals surface area contributed by atoms with E-state index in [9.17, 15) is 9.90 Å². The van der Waals surface area contributed by atoms with Gasteiger partial charge in [0.25, 0.3) is 5.91 Å². The van der Waals surface area contributed by atoms with Gasteiger partial charge in [0, 0.05) is 19.3 Å². The van der Waals surface area contributed by atoms with Crippen molar-refractivity contribution in [1.29, 1.82) is 0 Å². The molecule has 0 aliphatic heterocycles. The summed E-state index contributed by atoms with van der Waals surface area (Å²) in [6.45, 7) is 5.13. The molecule has 23 heavy (non-hydrogen) atoms. The molecule has 6 nitrogen and oxygen atoms in total. The highest BCUT2D eigenvalue weighted by Gasteiger charge is 2.17. The predicted octanol–water partition coefficient (Wildman–Crippen LogP) is 1.57. The molecule has 0 bridgehead atoms. The summed E-state index contributed by atoms with van der Waals surface area (Å²) < 4.78 is 10.6. The number of halogens is 1. The Bertz CT molecular complexity index is 471. The molecule has 132 valence electrons. The maximum absolute atomic E-state index is 12.2. The molecule has 0 saturated carbocycles. The summed E-state index contributed by atoms with van der Waals surface area (Å²) in [5.41, 5.74) is 6.64. The minimum absolute atomic E-state index is 0. The van der Waals surface area contributed by atoms with Crippen molar-refractivity contribution in [1.82, 2.24) is 4.90 Å². The van der Waals surface area contributed by atoms with Gasteiger partial charge in [0.05, 0.1) is 37.6 Å². The first-order valence-corrected chi connectivity index (χ1v) is 7.39. The molecule has 7 heteroatoms. The van der Waals surface area contributed by atoms with E-state index in [0.717, 1.165) is 0 Å². The number of carbonyl (C=O) groups excluding carboxylic acids is 1. The van der Waals surface area contributed by atoms with Crippen molar-refractivity contribution in [3.8, 4) is 0 Å². The van der Waals surface area contributed by atoms with E-state index < -0.39 is 6.10 Å². The van der Waals surface area contributed by atoms with Gasteiger partial charge in [-0.3, -0.25) is 4.79 Å². The zero-order valence-corrected chi connectivity index (χ0v) is 14.7. The van der Waals surface area contributed by atoms with E-state index in [4.69, 9.17) is 15.2 Å². The smallest absolute Gasteiger partial charge is 0.255 e. The number of hydrogen-bond donors (Lipinski definition) is 2. The van der Waals surface area contributed by atoms with Crippen LogP contribution in [0.25, 0.3) is 0 Å². The molecule has 3 N–H and O–H groups in total. The normalized spacial score (nSPS) is 11.9. The van der Waals surface area contributed by atoms with Gasteiger partial charge in [-0.15, -0.1) is 12.4 Å². The van der Waals surface area contributed by atoms with E-state index >= 15 is 0 Å². The lowest BCUT2D eigenvalue weighted by Gasteiger charge is -2.21. The molecule has 0 aliphatic rings. The van der Waals surface area contributed by atoms with Gasteiger partial charge >= 0.3 is 0 Å². The number of nitrogen functional groups attached to an aromatic ring is 1. The molecule has 0 spiro atoms. The van der Waals surface area contributed by atoms with E-state index in [0.29, 0.717) is 24.5 Å². The van der Waals surface area contributed by atoms with Gasteiger partial charge in [-0.25, -0.2) is 0 Å². The first kappa shape index (κ1) is 21.7. The van der Waals surface area contributed by atoms with Crippen molar-refractivity contribution in [2.45, 2.75) is 26.1 Å². The number of likely N-dealkylation sites (N-methyl/N-ethyl adjacent to an activating group) is 1. The van der Waals surface area contributed by atoms with Crippen LogP contribution in [-0.4, -0.2) is 61.5 Å². The second kappa shape index (κ2) is 11.2. The maximum Gasteiger partial charge on any atom is 0.255 e. The zero-order valence-electron chi connectivity index (χ0n) is 13.9. The van der Waals surface area contributed by atoms with Crippen molar-refractivity contribution in [2.75, 3.05) is 39.1 Å². The molecule has 0 saturated heterocycles. The Morgan fingerprint density at radius 3 is 2.57 bits per heavy atom. The molecule has 1 amide bonds. The quantitative estimate of drug-likeness (QED) is 0.523. The van der Waals surface area contributed by atoms with Crippen LogP contribution < -0.4 is 5.73 Å². The van der Waals surface area contributed by atoms with Gasteiger partial charge in [-0.2, -0.15) is 0 Å². The van der Waals surface area contributed by atoms with Crippen molar-refractivity contribution in [3.63, 3.8) is 0 Å². The number of hydrogen-bond acceptors (Lipinski definition) is 5. The third-order valence-electron chi connectivity index (χ3n) is 3.01. The summed E-state index contributed by atoms with van der Waals surface area (Å²) >= 11 is 0. The number of benzene rings is 1. The molecule has 0 aliphatic carbocycles. The first-order valence-electron chi connectivity index (χ1n) is 7.39. The highest BCUT2D eigenvalue weighted by atomic mass is 35.5. The van der Waals surface area contributed by atoms with Gasteiger partial charge in [0.15, 0.2) is 0 Å². The fourth-order valence-corrected chi connectivity index (χ4v) is 1.91. The summed E-state index contributed by atoms with van der Waals surface area (Å²) in [5.74, 6) is -0.222. The van der Waals surface area contributed by atoms with Gasteiger partial charge in [-0.1, -0.05) is 12.1 Å². The Kier molecular flexibility index (Phi) is 10.6. The van der Waals surface area contributed by atoms with Crippen LogP contribution in [0.4, 0.5) is 5.69 Å². The lowest BCUT2D eigenvalue weighted by molar-refractivity contribution is -0.0159. The first-order chi connectivity index (χ1) is 10.4. The van der Waals surface area contributed by atoms with Gasteiger partial charge < -0.3 is 25.2 Å². The average molecular weight is 347 g/mol. The molecule has 0 aromatic heterocycles. The van der Waals surface area contributed by atoms with Crippen LogP contribution in [0.2, 0.25) is 0 Å². The Balaban J connectivity index is 0.00000484. The number of ether oxygens (including phenoxy) is 2. The van der Waals surface area contributed by atoms with E-state index in [1.54, 1.807) is 31.3 Å². The molecule has 0 heterocycles. The predicted molar refractivity (Wildman–Crippen MR) is 93.0 cm³/mol. The van der Waals surface area contributed by atoms with Crippen molar-refractivity contribution >= 4 is 24.0 Å². The topological polar surface area (TPSA) is 85.0 Å². The summed E-state index contributed by atoms with van der Waals surface area (Å²) in [6.07, 6.45) is -0.591. The average Bonchev–Trinajstić information content (AvgIpc) is 2.46. The molecule has 1 aromatic carbocycles. The van der Waals surface area contributed by atoms with Crippen LogP contribution in [0, 0.1) is 0 Å². The van der Waals surface area contributed by atoms with E-state index in [2.05, 4.69) is 0 Å². The highest BCUT2D eigenvalue weighted by molar-refractivity contribution is 5.98. The summed E-state index contributed by atoms with van der Waals surface area (Å²) in [5, 5.41) is 9.90. The SMILES string of the molecule is CC(C)OCCOCC(O)CN(C)C(=O)c1ccccc1N.Cl. The molecule has 1 unspecified atom stereocenters. The van der Waals surface area contributed by atoms with Crippen LogP contribution in [0.1, 0.15) is 24.2 Å². The van der Waals surface area contributed by atoms with Gasteiger partial charge in [0.2, 0.25) is 0 Å². The van der Waals surface area contributed by atoms with Gasteiger partial charge in [0.1, 0.15) is 0 Å². The zero-order chi connectivity index (χ0) is 16.5. The molecule has 1 aromatic rings. The summed E-state index contributed by atoms with van der Waals surface area (Å²) in [4.78, 5) is 13.7. The van der Waals surface area contributed by atoms with Crippen molar-refractivity contribution < 1.29 is 19.4 Å². The van der Waals surface area contributed by atoms with Gasteiger partial charge in [-0.05, 0) is 26.0 Å². The Hall–Kier alpha value is -1.34. The number of amides is 1. The van der Waals surface area contributed by atoms with E-state index in [-0.39, 0.29) is 37.6 Å². The summed E-state index contributed by atoms with van der Waals surface area (Å²) in [6, 6.07) is 6.87. The maximum atomic E-state index is 12.2. The lowest BCUT2D eigenvalue weighted by Crippen LogP contribution is -2.36. The van der Waals surface area contributed by atoms with Crippen LogP contribution >= 0.6 is 12.4 Å². The molecule has 1 rings (SSSR count). The largest absolute Gasteiger partial charge is 0.398 e. The van der Waals surface area contributed by atoms with Crippen molar-refractivity contribution in [2.24, 2.45) is 0 Å². The Labute approximate surface area is 144 Å².